The summed E-state index contributed by atoms with van der Waals surface area (Å²) < 4.78 is 19.4. The summed E-state index contributed by atoms with van der Waals surface area (Å²) in [4.78, 5) is 0. The molecule has 0 amide bonds. The third-order valence-corrected chi connectivity index (χ3v) is 2.55. The minimum absolute atomic E-state index is 0.0693. The summed E-state index contributed by atoms with van der Waals surface area (Å²) in [6.07, 6.45) is 0. The van der Waals surface area contributed by atoms with Crippen LogP contribution >= 0.6 is 15.9 Å². The molecule has 4 heteroatoms. The van der Waals surface area contributed by atoms with Gasteiger partial charge in [0.25, 0.3) is 0 Å². The molecule has 1 aromatic carbocycles. The fourth-order valence-electron chi connectivity index (χ4n) is 1.36. The second-order valence-electron chi connectivity index (χ2n) is 3.51. The smallest absolute Gasteiger partial charge is 0.131 e. The van der Waals surface area contributed by atoms with Crippen molar-refractivity contribution in [1.29, 1.82) is 0 Å². The minimum atomic E-state index is -0.264. The van der Waals surface area contributed by atoms with E-state index in [9.17, 15) is 4.39 Å². The SMILES string of the molecule is C=C(Br)CNC(C)c1ccc(OC)cc1F. The fraction of sp³-hybridized carbons (Fsp3) is 0.333. The number of halogens is 2. The normalized spacial score (nSPS) is 12.2. The van der Waals surface area contributed by atoms with Crippen LogP contribution in [0.5, 0.6) is 5.75 Å². The van der Waals surface area contributed by atoms with Crippen LogP contribution in [0.3, 0.4) is 0 Å². The standard InChI is InChI=1S/C12H15BrFNO/c1-8(13)7-15-9(2)11-5-4-10(16-3)6-12(11)14/h4-6,9,15H,1,7H2,2-3H3. The van der Waals surface area contributed by atoms with Gasteiger partial charge in [0, 0.05) is 28.7 Å². The quantitative estimate of drug-likeness (QED) is 0.896. The van der Waals surface area contributed by atoms with Crippen molar-refractivity contribution in [2.24, 2.45) is 0 Å². The molecule has 1 N–H and O–H groups in total. The van der Waals surface area contributed by atoms with Crippen LogP contribution in [0.4, 0.5) is 4.39 Å². The van der Waals surface area contributed by atoms with E-state index in [-0.39, 0.29) is 11.9 Å². The number of methoxy groups -OCH3 is 1. The molecular formula is C12H15BrFNO. The van der Waals surface area contributed by atoms with Crippen LogP contribution in [0.2, 0.25) is 0 Å². The van der Waals surface area contributed by atoms with Crippen LogP contribution in [0.25, 0.3) is 0 Å². The first-order valence-electron chi connectivity index (χ1n) is 4.94. The molecule has 0 saturated heterocycles. The first-order chi connectivity index (χ1) is 7.54. The predicted molar refractivity (Wildman–Crippen MR) is 67.4 cm³/mol. The van der Waals surface area contributed by atoms with Gasteiger partial charge in [-0.2, -0.15) is 0 Å². The molecule has 0 aliphatic rings. The molecule has 0 spiro atoms. The number of hydrogen-bond acceptors (Lipinski definition) is 2. The summed E-state index contributed by atoms with van der Waals surface area (Å²) in [5.41, 5.74) is 0.620. The van der Waals surface area contributed by atoms with E-state index >= 15 is 0 Å². The van der Waals surface area contributed by atoms with E-state index < -0.39 is 0 Å². The van der Waals surface area contributed by atoms with Crippen LogP contribution in [-0.4, -0.2) is 13.7 Å². The Kier molecular flexibility index (Phi) is 4.96. The number of hydrogen-bond donors (Lipinski definition) is 1. The molecule has 2 nitrogen and oxygen atoms in total. The van der Waals surface area contributed by atoms with Crippen molar-refractivity contribution in [2.45, 2.75) is 13.0 Å². The third kappa shape index (κ3) is 3.61. The molecule has 1 unspecified atom stereocenters. The monoisotopic (exact) mass is 287 g/mol. The molecule has 1 aromatic rings. The zero-order chi connectivity index (χ0) is 12.1. The van der Waals surface area contributed by atoms with Gasteiger partial charge in [0.05, 0.1) is 7.11 Å². The Bertz CT molecular complexity index is 381. The zero-order valence-electron chi connectivity index (χ0n) is 9.39. The molecule has 0 aliphatic heterocycles. The number of nitrogens with one attached hydrogen (secondary N) is 1. The summed E-state index contributed by atoms with van der Waals surface area (Å²) in [5, 5.41) is 3.15. The highest BCUT2D eigenvalue weighted by Crippen LogP contribution is 2.21. The fourth-order valence-corrected chi connectivity index (χ4v) is 1.52. The van der Waals surface area contributed by atoms with Gasteiger partial charge in [-0.15, -0.1) is 0 Å². The van der Waals surface area contributed by atoms with Crippen LogP contribution in [0.15, 0.2) is 29.3 Å². The largest absolute Gasteiger partial charge is 0.497 e. The van der Waals surface area contributed by atoms with Crippen molar-refractivity contribution >= 4 is 15.9 Å². The van der Waals surface area contributed by atoms with E-state index in [0.29, 0.717) is 17.9 Å². The lowest BCUT2D eigenvalue weighted by Gasteiger charge is -2.15. The van der Waals surface area contributed by atoms with E-state index in [1.807, 2.05) is 6.92 Å². The van der Waals surface area contributed by atoms with E-state index in [1.54, 1.807) is 12.1 Å². The van der Waals surface area contributed by atoms with Gasteiger partial charge in [-0.1, -0.05) is 28.6 Å². The summed E-state index contributed by atoms with van der Waals surface area (Å²) in [6.45, 7) is 6.22. The van der Waals surface area contributed by atoms with E-state index in [2.05, 4.69) is 27.8 Å². The van der Waals surface area contributed by atoms with Crippen molar-refractivity contribution < 1.29 is 9.13 Å². The Balaban J connectivity index is 2.75. The molecule has 0 aliphatic carbocycles. The van der Waals surface area contributed by atoms with Crippen molar-refractivity contribution in [3.05, 3.63) is 40.6 Å². The average Bonchev–Trinajstić information content (AvgIpc) is 2.25. The van der Waals surface area contributed by atoms with Crippen molar-refractivity contribution in [3.8, 4) is 5.75 Å². The molecule has 0 saturated carbocycles. The second-order valence-corrected chi connectivity index (χ2v) is 4.63. The van der Waals surface area contributed by atoms with Crippen LogP contribution in [-0.2, 0) is 0 Å². The molecule has 16 heavy (non-hydrogen) atoms. The Labute approximate surface area is 104 Å². The maximum Gasteiger partial charge on any atom is 0.131 e. The third-order valence-electron chi connectivity index (χ3n) is 2.27. The summed E-state index contributed by atoms with van der Waals surface area (Å²) >= 11 is 3.25. The van der Waals surface area contributed by atoms with E-state index in [0.717, 1.165) is 4.48 Å². The second kappa shape index (κ2) is 6.01. The first kappa shape index (κ1) is 13.2. The van der Waals surface area contributed by atoms with Gasteiger partial charge in [-0.3, -0.25) is 0 Å². The van der Waals surface area contributed by atoms with Gasteiger partial charge >= 0.3 is 0 Å². The molecular weight excluding hydrogens is 273 g/mol. The highest BCUT2D eigenvalue weighted by Gasteiger charge is 2.11. The Morgan fingerprint density at radius 1 is 1.62 bits per heavy atom. The molecule has 0 bridgehead atoms. The summed E-state index contributed by atoms with van der Waals surface area (Å²) in [5.74, 6) is 0.262. The lowest BCUT2D eigenvalue weighted by molar-refractivity contribution is 0.409. The predicted octanol–water partition coefficient (Wildman–Crippen LogP) is 3.39. The molecule has 0 radical (unpaired) electrons. The highest BCUT2D eigenvalue weighted by molar-refractivity contribution is 9.11. The average molecular weight is 288 g/mol. The first-order valence-corrected chi connectivity index (χ1v) is 5.74. The molecule has 0 heterocycles. The number of benzene rings is 1. The molecule has 88 valence electrons. The Morgan fingerprint density at radius 3 is 2.81 bits per heavy atom. The van der Waals surface area contributed by atoms with Crippen LogP contribution in [0.1, 0.15) is 18.5 Å². The van der Waals surface area contributed by atoms with Crippen molar-refractivity contribution in [3.63, 3.8) is 0 Å². The van der Waals surface area contributed by atoms with Gasteiger partial charge in [-0.05, 0) is 13.0 Å². The molecule has 0 fully saturated rings. The van der Waals surface area contributed by atoms with E-state index in [4.69, 9.17) is 4.74 Å². The maximum atomic E-state index is 13.7. The number of rotatable bonds is 5. The van der Waals surface area contributed by atoms with E-state index in [1.165, 1.54) is 13.2 Å². The number of ether oxygens (including phenoxy) is 1. The van der Waals surface area contributed by atoms with Gasteiger partial charge in [-0.25, -0.2) is 4.39 Å². The van der Waals surface area contributed by atoms with Gasteiger partial charge in [0.1, 0.15) is 11.6 Å². The Morgan fingerprint density at radius 2 is 2.31 bits per heavy atom. The lowest BCUT2D eigenvalue weighted by Crippen LogP contribution is -2.20. The van der Waals surface area contributed by atoms with Crippen LogP contribution < -0.4 is 10.1 Å². The molecule has 1 rings (SSSR count). The summed E-state index contributed by atoms with van der Waals surface area (Å²) in [7, 11) is 1.52. The molecule has 0 aromatic heterocycles. The minimum Gasteiger partial charge on any atom is -0.497 e. The topological polar surface area (TPSA) is 21.3 Å². The summed E-state index contributed by atoms with van der Waals surface area (Å²) in [6, 6.07) is 4.79. The van der Waals surface area contributed by atoms with Gasteiger partial charge in [0.2, 0.25) is 0 Å². The zero-order valence-corrected chi connectivity index (χ0v) is 11.0. The van der Waals surface area contributed by atoms with Crippen molar-refractivity contribution in [2.75, 3.05) is 13.7 Å². The van der Waals surface area contributed by atoms with Crippen LogP contribution in [0, 0.1) is 5.82 Å². The Hall–Kier alpha value is -0.870. The van der Waals surface area contributed by atoms with Gasteiger partial charge < -0.3 is 10.1 Å². The highest BCUT2D eigenvalue weighted by atomic mass is 79.9. The van der Waals surface area contributed by atoms with Crippen molar-refractivity contribution in [1.82, 2.24) is 5.32 Å². The lowest BCUT2D eigenvalue weighted by atomic mass is 10.1. The van der Waals surface area contributed by atoms with Gasteiger partial charge in [0.15, 0.2) is 0 Å². The maximum absolute atomic E-state index is 13.7. The molecule has 1 atom stereocenters.